The van der Waals surface area contributed by atoms with Crippen molar-refractivity contribution < 1.29 is 4.79 Å². The zero-order valence-electron chi connectivity index (χ0n) is 10.6. The van der Waals surface area contributed by atoms with Crippen LogP contribution in [0.4, 0.5) is 0 Å². The van der Waals surface area contributed by atoms with Gasteiger partial charge in [0.15, 0.2) is 0 Å². The first-order valence-corrected chi connectivity index (χ1v) is 7.14. The summed E-state index contributed by atoms with van der Waals surface area (Å²) in [5.41, 5.74) is 5.69. The van der Waals surface area contributed by atoms with Gasteiger partial charge in [-0.05, 0) is 33.6 Å². The van der Waals surface area contributed by atoms with Crippen molar-refractivity contribution in [3.8, 4) is 0 Å². The zero-order chi connectivity index (χ0) is 12.2. The predicted octanol–water partition coefficient (Wildman–Crippen LogP) is 1.90. The molecule has 0 aromatic carbocycles. The van der Waals surface area contributed by atoms with Crippen molar-refractivity contribution in [2.75, 3.05) is 5.75 Å². The molecule has 3 nitrogen and oxygen atoms in total. The molecule has 94 valence electrons. The minimum absolute atomic E-state index is 0.00317. The summed E-state index contributed by atoms with van der Waals surface area (Å²) in [6.45, 7) is 5.93. The lowest BCUT2D eigenvalue weighted by atomic mass is 10.1. The highest BCUT2D eigenvalue weighted by atomic mass is 32.2. The second-order valence-corrected chi connectivity index (χ2v) is 6.76. The van der Waals surface area contributed by atoms with Crippen LogP contribution >= 0.6 is 11.8 Å². The smallest absolute Gasteiger partial charge is 0.233 e. The van der Waals surface area contributed by atoms with Crippen molar-refractivity contribution in [3.63, 3.8) is 0 Å². The Labute approximate surface area is 103 Å². The molecule has 1 aliphatic rings. The molecular weight excluding hydrogens is 220 g/mol. The van der Waals surface area contributed by atoms with Gasteiger partial charge in [0.2, 0.25) is 5.91 Å². The van der Waals surface area contributed by atoms with E-state index in [1.54, 1.807) is 11.8 Å². The number of carbonyl (C=O) groups excluding carboxylic acids is 1. The van der Waals surface area contributed by atoms with Crippen molar-refractivity contribution in [2.24, 2.45) is 5.73 Å². The molecule has 0 aromatic heterocycles. The molecule has 1 rings (SSSR count). The maximum absolute atomic E-state index is 11.8. The van der Waals surface area contributed by atoms with Gasteiger partial charge in [-0.2, -0.15) is 0 Å². The third-order valence-electron chi connectivity index (χ3n) is 2.78. The number of nitrogens with one attached hydrogen (secondary N) is 1. The van der Waals surface area contributed by atoms with Crippen LogP contribution in [0.15, 0.2) is 0 Å². The Morgan fingerprint density at radius 3 is 2.56 bits per heavy atom. The maximum Gasteiger partial charge on any atom is 0.233 e. The largest absolute Gasteiger partial charge is 0.352 e. The normalized spacial score (nSPS) is 19.8. The number of amides is 1. The molecule has 0 aliphatic heterocycles. The van der Waals surface area contributed by atoms with Crippen molar-refractivity contribution in [2.45, 2.75) is 63.3 Å². The summed E-state index contributed by atoms with van der Waals surface area (Å²) >= 11 is 1.64. The van der Waals surface area contributed by atoms with Crippen LogP contribution in [0, 0.1) is 0 Å². The number of rotatable bonds is 5. The number of hydrogen-bond acceptors (Lipinski definition) is 3. The first kappa shape index (κ1) is 13.8. The number of thioether (sulfide) groups is 1. The minimum Gasteiger partial charge on any atom is -0.352 e. The van der Waals surface area contributed by atoms with Gasteiger partial charge in [0, 0.05) is 17.3 Å². The summed E-state index contributed by atoms with van der Waals surface area (Å²) in [6.07, 6.45) is 4.79. The average Bonchev–Trinajstić information content (AvgIpc) is 2.65. The molecule has 0 spiro atoms. The molecule has 0 radical (unpaired) electrons. The standard InChI is InChI=1S/C12H24N2OS/c1-9(16-8-12(2,3)13)11(15)14-10-6-4-5-7-10/h9-10H,4-8,13H2,1-3H3,(H,14,15). The zero-order valence-corrected chi connectivity index (χ0v) is 11.4. The molecule has 1 fully saturated rings. The molecule has 1 aliphatic carbocycles. The fraction of sp³-hybridized carbons (Fsp3) is 0.917. The number of nitrogens with two attached hydrogens (primary N) is 1. The van der Waals surface area contributed by atoms with Gasteiger partial charge in [0.25, 0.3) is 0 Å². The molecule has 0 bridgehead atoms. The Morgan fingerprint density at radius 2 is 2.06 bits per heavy atom. The molecule has 0 saturated heterocycles. The van der Waals surface area contributed by atoms with Crippen LogP contribution in [0.2, 0.25) is 0 Å². The molecule has 1 unspecified atom stereocenters. The van der Waals surface area contributed by atoms with Crippen LogP contribution in [-0.2, 0) is 4.79 Å². The van der Waals surface area contributed by atoms with E-state index in [1.165, 1.54) is 12.8 Å². The lowest BCUT2D eigenvalue weighted by Crippen LogP contribution is -2.40. The lowest BCUT2D eigenvalue weighted by molar-refractivity contribution is -0.120. The Balaban J connectivity index is 2.24. The Morgan fingerprint density at radius 1 is 1.50 bits per heavy atom. The molecule has 1 atom stereocenters. The van der Waals surface area contributed by atoms with Gasteiger partial charge in [0.05, 0.1) is 5.25 Å². The quantitative estimate of drug-likeness (QED) is 0.776. The third kappa shape index (κ3) is 5.21. The Bertz CT molecular complexity index is 232. The van der Waals surface area contributed by atoms with E-state index in [2.05, 4.69) is 5.32 Å². The first-order chi connectivity index (χ1) is 7.38. The van der Waals surface area contributed by atoms with E-state index in [-0.39, 0.29) is 16.7 Å². The van der Waals surface area contributed by atoms with E-state index in [9.17, 15) is 4.79 Å². The second-order valence-electron chi connectivity index (χ2n) is 5.43. The van der Waals surface area contributed by atoms with Crippen molar-refractivity contribution in [1.29, 1.82) is 0 Å². The van der Waals surface area contributed by atoms with Crippen molar-refractivity contribution in [1.82, 2.24) is 5.32 Å². The third-order valence-corrected chi connectivity index (χ3v) is 4.40. The fourth-order valence-electron chi connectivity index (χ4n) is 1.80. The summed E-state index contributed by atoms with van der Waals surface area (Å²) in [7, 11) is 0. The first-order valence-electron chi connectivity index (χ1n) is 6.09. The summed E-state index contributed by atoms with van der Waals surface area (Å²) in [5, 5.41) is 3.12. The van der Waals surface area contributed by atoms with Gasteiger partial charge >= 0.3 is 0 Å². The van der Waals surface area contributed by atoms with Crippen LogP contribution in [0.1, 0.15) is 46.5 Å². The van der Waals surface area contributed by atoms with Gasteiger partial charge in [0.1, 0.15) is 0 Å². The van der Waals surface area contributed by atoms with Crippen LogP contribution < -0.4 is 11.1 Å². The van der Waals surface area contributed by atoms with E-state index < -0.39 is 0 Å². The molecule has 3 N–H and O–H groups in total. The van der Waals surface area contributed by atoms with E-state index in [4.69, 9.17) is 5.73 Å². The molecule has 4 heteroatoms. The molecule has 1 saturated carbocycles. The molecule has 16 heavy (non-hydrogen) atoms. The summed E-state index contributed by atoms with van der Waals surface area (Å²) in [6, 6.07) is 0.418. The summed E-state index contributed by atoms with van der Waals surface area (Å²) < 4.78 is 0. The predicted molar refractivity (Wildman–Crippen MR) is 70.6 cm³/mol. The SMILES string of the molecule is CC(SCC(C)(C)N)C(=O)NC1CCCC1. The molecule has 0 aromatic rings. The molecular formula is C12H24N2OS. The lowest BCUT2D eigenvalue weighted by Gasteiger charge is -2.21. The maximum atomic E-state index is 11.8. The van der Waals surface area contributed by atoms with E-state index in [0.29, 0.717) is 6.04 Å². The fourth-order valence-corrected chi connectivity index (χ4v) is 2.70. The molecule has 1 amide bonds. The van der Waals surface area contributed by atoms with Crippen LogP contribution in [0.25, 0.3) is 0 Å². The van der Waals surface area contributed by atoms with E-state index >= 15 is 0 Å². The minimum atomic E-state index is -0.202. The molecule has 0 heterocycles. The van der Waals surface area contributed by atoms with Crippen LogP contribution in [0.5, 0.6) is 0 Å². The van der Waals surface area contributed by atoms with Crippen LogP contribution in [-0.4, -0.2) is 28.5 Å². The monoisotopic (exact) mass is 244 g/mol. The highest BCUT2D eigenvalue weighted by Crippen LogP contribution is 2.20. The van der Waals surface area contributed by atoms with E-state index in [0.717, 1.165) is 18.6 Å². The van der Waals surface area contributed by atoms with Crippen molar-refractivity contribution >= 4 is 17.7 Å². The van der Waals surface area contributed by atoms with Gasteiger partial charge in [-0.3, -0.25) is 4.79 Å². The van der Waals surface area contributed by atoms with Gasteiger partial charge in [-0.1, -0.05) is 12.8 Å². The number of carbonyl (C=O) groups is 1. The van der Waals surface area contributed by atoms with Crippen molar-refractivity contribution in [3.05, 3.63) is 0 Å². The number of hydrogen-bond donors (Lipinski definition) is 2. The average molecular weight is 244 g/mol. The van der Waals surface area contributed by atoms with Gasteiger partial charge < -0.3 is 11.1 Å². The highest BCUT2D eigenvalue weighted by Gasteiger charge is 2.22. The second kappa shape index (κ2) is 5.92. The Kier molecular flexibility index (Phi) is 5.12. The van der Waals surface area contributed by atoms with Gasteiger partial charge in [-0.25, -0.2) is 0 Å². The van der Waals surface area contributed by atoms with E-state index in [1.807, 2.05) is 20.8 Å². The van der Waals surface area contributed by atoms with Crippen LogP contribution in [0.3, 0.4) is 0 Å². The Hall–Kier alpha value is -0.220. The highest BCUT2D eigenvalue weighted by molar-refractivity contribution is 8.00. The topological polar surface area (TPSA) is 55.1 Å². The van der Waals surface area contributed by atoms with Gasteiger partial charge in [-0.15, -0.1) is 11.8 Å². The summed E-state index contributed by atoms with van der Waals surface area (Å²) in [5.74, 6) is 0.979. The summed E-state index contributed by atoms with van der Waals surface area (Å²) in [4.78, 5) is 11.8.